The highest BCUT2D eigenvalue weighted by Crippen LogP contribution is 2.20. The number of aromatic nitrogens is 2. The molecular formula is C9H16N4S2. The van der Waals surface area contributed by atoms with Crippen molar-refractivity contribution in [3.63, 3.8) is 0 Å². The van der Waals surface area contributed by atoms with Crippen molar-refractivity contribution in [3.05, 3.63) is 3.95 Å². The van der Waals surface area contributed by atoms with E-state index in [1.165, 1.54) is 30.7 Å². The molecule has 1 aromatic rings. The van der Waals surface area contributed by atoms with E-state index in [0.29, 0.717) is 6.04 Å². The maximum Gasteiger partial charge on any atom is 0.206 e. The smallest absolute Gasteiger partial charge is 0.206 e. The topological polar surface area (TPSA) is 35.2 Å². The Kier molecular flexibility index (Phi) is 3.38. The van der Waals surface area contributed by atoms with E-state index >= 15 is 0 Å². The number of likely N-dealkylation sites (N-methyl/N-ethyl adjacent to an activating group) is 2. The Hall–Kier alpha value is -0.460. The number of likely N-dealkylation sites (tertiary alicyclic amines) is 1. The Balaban J connectivity index is 1.97. The van der Waals surface area contributed by atoms with Crippen LogP contribution >= 0.6 is 23.6 Å². The van der Waals surface area contributed by atoms with Gasteiger partial charge in [0.15, 0.2) is 3.95 Å². The van der Waals surface area contributed by atoms with Gasteiger partial charge in [0.25, 0.3) is 0 Å². The fourth-order valence-electron chi connectivity index (χ4n) is 1.99. The van der Waals surface area contributed by atoms with Crippen LogP contribution in [0.4, 0.5) is 5.13 Å². The molecular weight excluding hydrogens is 228 g/mol. The zero-order chi connectivity index (χ0) is 10.8. The van der Waals surface area contributed by atoms with Crippen LogP contribution in [0.3, 0.4) is 0 Å². The van der Waals surface area contributed by atoms with E-state index in [-0.39, 0.29) is 0 Å². The van der Waals surface area contributed by atoms with Crippen molar-refractivity contribution in [1.29, 1.82) is 0 Å². The van der Waals surface area contributed by atoms with E-state index in [0.717, 1.165) is 15.6 Å². The van der Waals surface area contributed by atoms with Gasteiger partial charge in [-0.25, -0.2) is 0 Å². The summed E-state index contributed by atoms with van der Waals surface area (Å²) in [7, 11) is 4.27. The summed E-state index contributed by atoms with van der Waals surface area (Å²) in [5, 5.41) is 7.98. The van der Waals surface area contributed by atoms with Gasteiger partial charge < -0.3 is 9.80 Å². The van der Waals surface area contributed by atoms with Gasteiger partial charge >= 0.3 is 0 Å². The van der Waals surface area contributed by atoms with E-state index in [1.54, 1.807) is 0 Å². The van der Waals surface area contributed by atoms with Crippen molar-refractivity contribution >= 4 is 28.7 Å². The molecule has 1 N–H and O–H groups in total. The minimum Gasteiger partial charge on any atom is -0.348 e. The Bertz CT molecular complexity index is 372. The molecule has 0 saturated carbocycles. The third-order valence-electron chi connectivity index (χ3n) is 2.91. The summed E-state index contributed by atoms with van der Waals surface area (Å²) in [4.78, 5) is 4.60. The molecule has 1 aliphatic heterocycles. The average molecular weight is 244 g/mol. The number of hydrogen-bond acceptors (Lipinski definition) is 5. The van der Waals surface area contributed by atoms with Crippen LogP contribution in [0.2, 0.25) is 0 Å². The van der Waals surface area contributed by atoms with Gasteiger partial charge in [0.05, 0.1) is 0 Å². The van der Waals surface area contributed by atoms with Crippen LogP contribution in [0.1, 0.15) is 12.8 Å². The average Bonchev–Trinajstić information content (AvgIpc) is 2.77. The highest BCUT2D eigenvalue weighted by atomic mass is 32.1. The van der Waals surface area contributed by atoms with E-state index in [1.807, 2.05) is 0 Å². The van der Waals surface area contributed by atoms with Crippen LogP contribution in [-0.2, 0) is 0 Å². The molecule has 1 fully saturated rings. The summed E-state index contributed by atoms with van der Waals surface area (Å²) < 4.78 is 0.747. The van der Waals surface area contributed by atoms with Crippen molar-refractivity contribution in [2.45, 2.75) is 18.9 Å². The van der Waals surface area contributed by atoms with Crippen LogP contribution < -0.4 is 4.90 Å². The molecule has 4 nitrogen and oxygen atoms in total. The van der Waals surface area contributed by atoms with Crippen molar-refractivity contribution < 1.29 is 0 Å². The quantitative estimate of drug-likeness (QED) is 0.821. The predicted molar refractivity (Wildman–Crippen MR) is 66.2 cm³/mol. The molecule has 0 radical (unpaired) electrons. The zero-order valence-electron chi connectivity index (χ0n) is 9.06. The predicted octanol–water partition coefficient (Wildman–Crippen LogP) is 1.73. The number of rotatable bonds is 3. The lowest BCUT2D eigenvalue weighted by molar-refractivity contribution is 0.314. The fourth-order valence-corrected chi connectivity index (χ4v) is 2.84. The van der Waals surface area contributed by atoms with Gasteiger partial charge in [-0.2, -0.15) is 0 Å². The molecule has 6 heteroatoms. The molecule has 1 aromatic heterocycles. The van der Waals surface area contributed by atoms with Crippen LogP contribution in [0.25, 0.3) is 0 Å². The number of nitrogens with zero attached hydrogens (tertiary/aromatic N) is 3. The molecule has 2 rings (SSSR count). The van der Waals surface area contributed by atoms with Gasteiger partial charge in [0.1, 0.15) is 0 Å². The van der Waals surface area contributed by atoms with Crippen LogP contribution in [0.5, 0.6) is 0 Å². The Morgan fingerprint density at radius 2 is 2.53 bits per heavy atom. The Labute approximate surface area is 98.9 Å². The van der Waals surface area contributed by atoms with Gasteiger partial charge in [-0.15, -0.1) is 5.10 Å². The number of aromatic amines is 1. The molecule has 1 atom stereocenters. The van der Waals surface area contributed by atoms with E-state index < -0.39 is 0 Å². The second kappa shape index (κ2) is 4.59. The second-order valence-electron chi connectivity index (χ2n) is 4.05. The molecule has 0 bridgehead atoms. The van der Waals surface area contributed by atoms with Gasteiger partial charge in [-0.05, 0) is 38.7 Å². The first-order valence-electron chi connectivity index (χ1n) is 5.13. The van der Waals surface area contributed by atoms with Crippen LogP contribution in [0.15, 0.2) is 0 Å². The van der Waals surface area contributed by atoms with Gasteiger partial charge in [-0.1, -0.05) is 11.3 Å². The lowest BCUT2D eigenvalue weighted by atomic mass is 10.2. The zero-order valence-corrected chi connectivity index (χ0v) is 10.7. The molecule has 0 spiro atoms. The highest BCUT2D eigenvalue weighted by Gasteiger charge is 2.22. The van der Waals surface area contributed by atoms with E-state index in [9.17, 15) is 0 Å². The summed E-state index contributed by atoms with van der Waals surface area (Å²) in [6.07, 6.45) is 2.60. The first-order valence-corrected chi connectivity index (χ1v) is 6.36. The van der Waals surface area contributed by atoms with Gasteiger partial charge in [0.2, 0.25) is 5.13 Å². The summed E-state index contributed by atoms with van der Waals surface area (Å²) in [6.45, 7) is 2.25. The standard InChI is InChI=1S/C9H16N4S2/c1-12-5-3-4-7(12)6-13(2)8-10-11-9(14)15-8/h7H,3-6H2,1-2H3,(H,11,14). The maximum absolute atomic E-state index is 5.02. The van der Waals surface area contributed by atoms with Gasteiger partial charge in [0, 0.05) is 19.6 Å². The molecule has 84 valence electrons. The van der Waals surface area contributed by atoms with Crippen molar-refractivity contribution in [2.24, 2.45) is 0 Å². The summed E-state index contributed by atoms with van der Waals surface area (Å²) in [5.74, 6) is 0. The normalized spacial score (nSPS) is 22.1. The monoisotopic (exact) mass is 244 g/mol. The van der Waals surface area contributed by atoms with E-state index in [2.05, 4.69) is 34.1 Å². The number of H-pyrrole nitrogens is 1. The SMILES string of the molecule is CN(CC1CCCN1C)c1n[nH]c(=S)s1. The van der Waals surface area contributed by atoms with Crippen molar-refractivity contribution in [2.75, 3.05) is 32.1 Å². The molecule has 0 aliphatic carbocycles. The van der Waals surface area contributed by atoms with Gasteiger partial charge in [-0.3, -0.25) is 5.10 Å². The summed E-state index contributed by atoms with van der Waals surface area (Å²) in [5.41, 5.74) is 0. The Morgan fingerprint density at radius 3 is 3.07 bits per heavy atom. The summed E-state index contributed by atoms with van der Waals surface area (Å²) >= 11 is 6.56. The summed E-state index contributed by atoms with van der Waals surface area (Å²) in [6, 6.07) is 0.660. The lowest BCUT2D eigenvalue weighted by Gasteiger charge is -2.25. The third-order valence-corrected chi connectivity index (χ3v) is 4.11. The molecule has 1 unspecified atom stereocenters. The second-order valence-corrected chi connectivity index (χ2v) is 5.70. The number of hydrogen-bond donors (Lipinski definition) is 1. The minimum absolute atomic E-state index is 0.660. The minimum atomic E-state index is 0.660. The van der Waals surface area contributed by atoms with Crippen LogP contribution in [-0.4, -0.2) is 48.3 Å². The maximum atomic E-state index is 5.02. The number of anilines is 1. The molecule has 15 heavy (non-hydrogen) atoms. The molecule has 1 aliphatic rings. The van der Waals surface area contributed by atoms with Crippen LogP contribution in [0, 0.1) is 3.95 Å². The number of nitrogens with one attached hydrogen (secondary N) is 1. The molecule has 0 aromatic carbocycles. The molecule has 1 saturated heterocycles. The first kappa shape index (κ1) is 11.0. The lowest BCUT2D eigenvalue weighted by Crippen LogP contribution is -2.36. The first-order chi connectivity index (χ1) is 7.16. The Morgan fingerprint density at radius 1 is 1.73 bits per heavy atom. The molecule has 0 amide bonds. The highest BCUT2D eigenvalue weighted by molar-refractivity contribution is 7.73. The largest absolute Gasteiger partial charge is 0.348 e. The van der Waals surface area contributed by atoms with Crippen molar-refractivity contribution in [1.82, 2.24) is 15.1 Å². The van der Waals surface area contributed by atoms with E-state index in [4.69, 9.17) is 12.2 Å². The van der Waals surface area contributed by atoms with Crippen molar-refractivity contribution in [3.8, 4) is 0 Å². The fraction of sp³-hybridized carbons (Fsp3) is 0.778. The third kappa shape index (κ3) is 2.56. The molecule has 2 heterocycles.